The van der Waals surface area contributed by atoms with Crippen LogP contribution in [0.15, 0.2) is 22.2 Å². The van der Waals surface area contributed by atoms with Gasteiger partial charge >= 0.3 is 5.97 Å². The first-order chi connectivity index (χ1) is 8.13. The lowest BCUT2D eigenvalue weighted by Gasteiger charge is -2.21. The molecule has 1 unspecified atom stereocenters. The van der Waals surface area contributed by atoms with Crippen LogP contribution in [0.2, 0.25) is 0 Å². The number of hydrogen-bond acceptors (Lipinski definition) is 3. The molecule has 5 heteroatoms. The normalized spacial score (nSPS) is 15.5. The highest BCUT2D eigenvalue weighted by atomic mass is 35.5. The minimum absolute atomic E-state index is 0.383. The van der Waals surface area contributed by atoms with Gasteiger partial charge in [-0.15, -0.1) is 0 Å². The summed E-state index contributed by atoms with van der Waals surface area (Å²) >= 11 is 11.5. The molecule has 0 saturated heterocycles. The molecular formula is C13H21Cl2NO2. The molecule has 104 valence electrons. The number of ether oxygens (including phenoxy) is 1. The van der Waals surface area contributed by atoms with Crippen LogP contribution in [0.1, 0.15) is 40.5 Å². The van der Waals surface area contributed by atoms with Gasteiger partial charge in [0.05, 0.1) is 5.03 Å². The van der Waals surface area contributed by atoms with Gasteiger partial charge < -0.3 is 10.5 Å². The average Bonchev–Trinajstić information content (AvgIpc) is 2.20. The van der Waals surface area contributed by atoms with Crippen molar-refractivity contribution in [2.24, 2.45) is 5.73 Å². The highest BCUT2D eigenvalue weighted by Crippen LogP contribution is 2.15. The molecule has 0 aromatic rings. The Kier molecular flexibility index (Phi) is 7.60. The van der Waals surface area contributed by atoms with Crippen molar-refractivity contribution in [1.82, 2.24) is 0 Å². The van der Waals surface area contributed by atoms with Crippen molar-refractivity contribution in [2.75, 3.05) is 0 Å². The predicted octanol–water partition coefficient (Wildman–Crippen LogP) is 3.70. The van der Waals surface area contributed by atoms with E-state index in [2.05, 4.69) is 0 Å². The van der Waals surface area contributed by atoms with Gasteiger partial charge in [0, 0.05) is 5.03 Å². The third-order valence-corrected chi connectivity index (χ3v) is 2.66. The van der Waals surface area contributed by atoms with E-state index in [9.17, 15) is 4.79 Å². The molecule has 0 bridgehead atoms. The Morgan fingerprint density at radius 2 is 1.94 bits per heavy atom. The summed E-state index contributed by atoms with van der Waals surface area (Å²) in [6.07, 6.45) is 4.68. The molecule has 0 amide bonds. The van der Waals surface area contributed by atoms with Crippen LogP contribution in [0.4, 0.5) is 0 Å². The number of nitrogens with two attached hydrogens (primary N) is 1. The van der Waals surface area contributed by atoms with Gasteiger partial charge in [-0.05, 0) is 46.6 Å². The number of esters is 1. The van der Waals surface area contributed by atoms with Gasteiger partial charge in [-0.1, -0.05) is 29.3 Å². The molecular weight excluding hydrogens is 273 g/mol. The SMILES string of the molecule is C/C(Cl)=C(Cl)\C=C/CCC(N)C(=O)OC(C)(C)C. The standard InChI is InChI=1S/C13H21Cl2NO2/c1-9(14)10(15)7-5-6-8-11(16)12(17)18-13(2,3)4/h5,7,11H,6,8,16H2,1-4H3/b7-5-,10-9-. The quantitative estimate of drug-likeness (QED) is 0.621. The van der Waals surface area contributed by atoms with Gasteiger partial charge in [-0.2, -0.15) is 0 Å². The van der Waals surface area contributed by atoms with E-state index in [-0.39, 0.29) is 5.97 Å². The van der Waals surface area contributed by atoms with Crippen LogP contribution < -0.4 is 5.73 Å². The number of carbonyl (C=O) groups is 1. The molecule has 18 heavy (non-hydrogen) atoms. The topological polar surface area (TPSA) is 52.3 Å². The maximum Gasteiger partial charge on any atom is 0.323 e. The van der Waals surface area contributed by atoms with Crippen molar-refractivity contribution in [3.8, 4) is 0 Å². The molecule has 0 saturated carbocycles. The highest BCUT2D eigenvalue weighted by molar-refractivity contribution is 6.39. The molecule has 0 spiro atoms. The van der Waals surface area contributed by atoms with Crippen molar-refractivity contribution < 1.29 is 9.53 Å². The molecule has 0 rings (SSSR count). The fourth-order valence-corrected chi connectivity index (χ4v) is 1.22. The zero-order valence-corrected chi connectivity index (χ0v) is 12.8. The Bertz CT molecular complexity index is 339. The van der Waals surface area contributed by atoms with E-state index in [1.54, 1.807) is 13.0 Å². The number of halogens is 2. The van der Waals surface area contributed by atoms with E-state index >= 15 is 0 Å². The van der Waals surface area contributed by atoms with Gasteiger partial charge in [0.1, 0.15) is 11.6 Å². The number of allylic oxidation sites excluding steroid dienone is 4. The van der Waals surface area contributed by atoms with E-state index in [1.165, 1.54) is 0 Å². The molecule has 3 nitrogen and oxygen atoms in total. The molecule has 0 aromatic heterocycles. The maximum atomic E-state index is 11.6. The molecule has 0 aliphatic heterocycles. The van der Waals surface area contributed by atoms with E-state index in [1.807, 2.05) is 26.8 Å². The largest absolute Gasteiger partial charge is 0.459 e. The Morgan fingerprint density at radius 1 is 1.39 bits per heavy atom. The van der Waals surface area contributed by atoms with Crippen molar-refractivity contribution in [1.29, 1.82) is 0 Å². The average molecular weight is 294 g/mol. The van der Waals surface area contributed by atoms with Crippen LogP contribution >= 0.6 is 23.2 Å². The van der Waals surface area contributed by atoms with Crippen molar-refractivity contribution >= 4 is 29.2 Å². The first-order valence-corrected chi connectivity index (χ1v) is 6.56. The lowest BCUT2D eigenvalue weighted by atomic mass is 10.1. The van der Waals surface area contributed by atoms with Crippen molar-refractivity contribution in [3.63, 3.8) is 0 Å². The third-order valence-electron chi connectivity index (χ3n) is 1.95. The van der Waals surface area contributed by atoms with E-state index in [4.69, 9.17) is 33.7 Å². The molecule has 0 aliphatic carbocycles. The predicted molar refractivity (Wildman–Crippen MR) is 76.6 cm³/mol. The summed E-state index contributed by atoms with van der Waals surface area (Å²) in [5.41, 5.74) is 5.21. The van der Waals surface area contributed by atoms with Crippen LogP contribution in [0, 0.1) is 0 Å². The third kappa shape index (κ3) is 8.56. The Labute approximate surface area is 119 Å². The Morgan fingerprint density at radius 3 is 2.39 bits per heavy atom. The molecule has 0 fully saturated rings. The summed E-state index contributed by atoms with van der Waals surface area (Å²) in [5, 5.41) is 1.02. The van der Waals surface area contributed by atoms with Gasteiger partial charge in [-0.3, -0.25) is 4.79 Å². The summed E-state index contributed by atoms with van der Waals surface area (Å²) in [7, 11) is 0. The molecule has 0 radical (unpaired) electrons. The second kappa shape index (κ2) is 7.82. The second-order valence-electron chi connectivity index (χ2n) is 5.00. The van der Waals surface area contributed by atoms with Gasteiger partial charge in [0.2, 0.25) is 0 Å². The monoisotopic (exact) mass is 293 g/mol. The maximum absolute atomic E-state index is 11.6. The highest BCUT2D eigenvalue weighted by Gasteiger charge is 2.21. The summed E-state index contributed by atoms with van der Waals surface area (Å²) in [4.78, 5) is 11.6. The number of carbonyl (C=O) groups excluding carboxylic acids is 1. The Hall–Kier alpha value is -0.510. The molecule has 0 aliphatic rings. The summed E-state index contributed by atoms with van der Waals surface area (Å²) < 4.78 is 5.17. The lowest BCUT2D eigenvalue weighted by Crippen LogP contribution is -2.37. The van der Waals surface area contributed by atoms with Crippen LogP contribution in [0.5, 0.6) is 0 Å². The first-order valence-electron chi connectivity index (χ1n) is 5.80. The fraction of sp³-hybridized carbons (Fsp3) is 0.615. The minimum Gasteiger partial charge on any atom is -0.459 e. The van der Waals surface area contributed by atoms with Crippen LogP contribution in [-0.4, -0.2) is 17.6 Å². The molecule has 0 aromatic carbocycles. The second-order valence-corrected chi connectivity index (χ2v) is 5.98. The van der Waals surface area contributed by atoms with Crippen molar-refractivity contribution in [3.05, 3.63) is 22.2 Å². The minimum atomic E-state index is -0.617. The molecule has 1 atom stereocenters. The van der Waals surface area contributed by atoms with Crippen LogP contribution in [0.3, 0.4) is 0 Å². The lowest BCUT2D eigenvalue weighted by molar-refractivity contribution is -0.156. The van der Waals surface area contributed by atoms with Crippen molar-refractivity contribution in [2.45, 2.75) is 52.2 Å². The zero-order chi connectivity index (χ0) is 14.3. The Balaban J connectivity index is 4.09. The van der Waals surface area contributed by atoms with E-state index in [0.717, 1.165) is 0 Å². The zero-order valence-electron chi connectivity index (χ0n) is 11.3. The van der Waals surface area contributed by atoms with Crippen LogP contribution in [0.25, 0.3) is 0 Å². The summed E-state index contributed by atoms with van der Waals surface area (Å²) in [5.74, 6) is -0.383. The summed E-state index contributed by atoms with van der Waals surface area (Å²) in [6.45, 7) is 7.14. The molecule has 2 N–H and O–H groups in total. The van der Waals surface area contributed by atoms with Gasteiger partial charge in [-0.25, -0.2) is 0 Å². The van der Waals surface area contributed by atoms with Crippen LogP contribution in [-0.2, 0) is 9.53 Å². The van der Waals surface area contributed by atoms with E-state index < -0.39 is 11.6 Å². The number of hydrogen-bond donors (Lipinski definition) is 1. The first kappa shape index (κ1) is 17.5. The molecule has 0 heterocycles. The fourth-order valence-electron chi connectivity index (χ4n) is 1.07. The van der Waals surface area contributed by atoms with Gasteiger partial charge in [0.15, 0.2) is 0 Å². The van der Waals surface area contributed by atoms with Gasteiger partial charge in [0.25, 0.3) is 0 Å². The smallest absolute Gasteiger partial charge is 0.323 e. The van der Waals surface area contributed by atoms with E-state index in [0.29, 0.717) is 22.9 Å². The summed E-state index contributed by atoms with van der Waals surface area (Å²) in [6, 6.07) is -0.617. The number of rotatable bonds is 5.